The Hall–Kier alpha value is -2.24. The highest BCUT2D eigenvalue weighted by Gasteiger charge is 2.04. The Labute approximate surface area is 91.6 Å². The molecule has 0 aliphatic heterocycles. The van der Waals surface area contributed by atoms with Crippen LogP contribution in [-0.4, -0.2) is 21.7 Å². The van der Waals surface area contributed by atoms with Gasteiger partial charge in [-0.25, -0.2) is 0 Å². The van der Waals surface area contributed by atoms with Gasteiger partial charge in [-0.1, -0.05) is 0 Å². The Morgan fingerprint density at radius 1 is 1.44 bits per heavy atom. The Morgan fingerprint density at radius 2 is 2.06 bits per heavy atom. The summed E-state index contributed by atoms with van der Waals surface area (Å²) >= 11 is 0. The molecule has 0 heterocycles. The normalized spacial score (nSPS) is 11.1. The van der Waals surface area contributed by atoms with Crippen LogP contribution in [-0.2, 0) is 0 Å². The first-order chi connectivity index (χ1) is 7.63. The van der Waals surface area contributed by atoms with E-state index in [4.69, 9.17) is 14.9 Å². The van der Waals surface area contributed by atoms with Crippen LogP contribution in [0.5, 0.6) is 5.75 Å². The van der Waals surface area contributed by atoms with Gasteiger partial charge in [0.1, 0.15) is 17.8 Å². The van der Waals surface area contributed by atoms with Gasteiger partial charge in [-0.3, -0.25) is 10.1 Å². The molecule has 0 fully saturated rings. The average molecular weight is 225 g/mol. The highest BCUT2D eigenvalue weighted by atomic mass is 16.6. The van der Waals surface area contributed by atoms with Crippen molar-refractivity contribution >= 4 is 5.69 Å². The van der Waals surface area contributed by atoms with Crippen molar-refractivity contribution in [1.82, 2.24) is 0 Å². The van der Waals surface area contributed by atoms with Crippen LogP contribution < -0.4 is 4.74 Å². The smallest absolute Gasteiger partial charge is 0.269 e. The molecule has 86 valence electrons. The summed E-state index contributed by atoms with van der Waals surface area (Å²) in [5.41, 5.74) is -0.00884. The molecule has 0 radical (unpaired) electrons. The summed E-state index contributed by atoms with van der Waals surface area (Å²) in [6, 6.07) is 5.60. The molecule has 0 atom stereocenters. The molecule has 0 unspecified atom stereocenters. The highest BCUT2D eigenvalue weighted by molar-refractivity contribution is 5.35. The fraction of sp³-hybridized carbons (Fsp3) is 0.200. The number of rotatable bonds is 5. The lowest BCUT2D eigenvalue weighted by Gasteiger charge is -2.04. The molecule has 6 heteroatoms. The number of non-ortho nitro benzene ring substituents is 1. The Balaban J connectivity index is 2.47. The minimum atomic E-state index is -0.496. The summed E-state index contributed by atoms with van der Waals surface area (Å²) in [4.78, 5) is 9.85. The number of hydrogen-bond donors (Lipinski definition) is 2. The van der Waals surface area contributed by atoms with Gasteiger partial charge in [0.25, 0.3) is 5.69 Å². The van der Waals surface area contributed by atoms with Crippen LogP contribution in [0.1, 0.15) is 6.42 Å². The lowest BCUT2D eigenvalue weighted by molar-refractivity contribution is -0.384. The van der Waals surface area contributed by atoms with Crippen LogP contribution in [0.15, 0.2) is 36.3 Å². The van der Waals surface area contributed by atoms with Crippen molar-refractivity contribution in [1.29, 1.82) is 0 Å². The zero-order valence-electron chi connectivity index (χ0n) is 8.37. The largest absolute Gasteiger partial charge is 0.512 e. The molecule has 0 bridgehead atoms. The first-order valence-electron chi connectivity index (χ1n) is 4.53. The molecule has 0 saturated heterocycles. The fourth-order valence-electron chi connectivity index (χ4n) is 1.00. The summed E-state index contributed by atoms with van der Waals surface area (Å²) < 4.78 is 5.18. The van der Waals surface area contributed by atoms with Gasteiger partial charge in [-0.05, 0) is 12.1 Å². The van der Waals surface area contributed by atoms with Crippen LogP contribution in [0.25, 0.3) is 0 Å². The SMILES string of the molecule is O=[N+]([O-])c1ccc(OCC/C(O)=C/O)cc1. The molecular formula is C10H11NO5. The van der Waals surface area contributed by atoms with E-state index in [1.807, 2.05) is 0 Å². The number of hydrogen-bond acceptors (Lipinski definition) is 5. The van der Waals surface area contributed by atoms with Gasteiger partial charge in [-0.2, -0.15) is 0 Å². The second-order valence-electron chi connectivity index (χ2n) is 2.97. The number of ether oxygens (including phenoxy) is 1. The zero-order chi connectivity index (χ0) is 12.0. The van der Waals surface area contributed by atoms with Crippen molar-refractivity contribution in [3.63, 3.8) is 0 Å². The molecule has 2 N–H and O–H groups in total. The lowest BCUT2D eigenvalue weighted by Crippen LogP contribution is -1.99. The molecule has 0 amide bonds. The molecule has 1 rings (SSSR count). The number of benzene rings is 1. The maximum Gasteiger partial charge on any atom is 0.269 e. The highest BCUT2D eigenvalue weighted by Crippen LogP contribution is 2.17. The zero-order valence-corrected chi connectivity index (χ0v) is 8.37. The van der Waals surface area contributed by atoms with Crippen LogP contribution in [0.4, 0.5) is 5.69 Å². The monoisotopic (exact) mass is 225 g/mol. The van der Waals surface area contributed by atoms with E-state index in [-0.39, 0.29) is 24.5 Å². The molecule has 1 aromatic rings. The maximum absolute atomic E-state index is 10.4. The third-order valence-electron chi connectivity index (χ3n) is 1.82. The molecule has 6 nitrogen and oxygen atoms in total. The van der Waals surface area contributed by atoms with E-state index >= 15 is 0 Å². The summed E-state index contributed by atoms with van der Waals surface area (Å²) in [6.07, 6.45) is 0.771. The van der Waals surface area contributed by atoms with Crippen LogP contribution >= 0.6 is 0 Å². The molecule has 1 aromatic carbocycles. The van der Waals surface area contributed by atoms with E-state index in [1.165, 1.54) is 24.3 Å². The van der Waals surface area contributed by atoms with Gasteiger partial charge < -0.3 is 14.9 Å². The van der Waals surface area contributed by atoms with E-state index < -0.39 is 4.92 Å². The van der Waals surface area contributed by atoms with Crippen molar-refractivity contribution in [2.75, 3.05) is 6.61 Å². The van der Waals surface area contributed by atoms with Gasteiger partial charge in [0.05, 0.1) is 11.5 Å². The van der Waals surface area contributed by atoms with Crippen molar-refractivity contribution in [3.05, 3.63) is 46.4 Å². The van der Waals surface area contributed by atoms with Gasteiger partial charge in [-0.15, -0.1) is 0 Å². The van der Waals surface area contributed by atoms with Crippen LogP contribution in [0, 0.1) is 10.1 Å². The topological polar surface area (TPSA) is 92.8 Å². The third kappa shape index (κ3) is 3.49. The standard InChI is InChI=1S/C10H11NO5/c12-7-9(13)5-6-16-10-3-1-8(2-4-10)11(14)15/h1-4,7,12-13H,5-6H2/b9-7-. The molecule has 0 spiro atoms. The van der Waals surface area contributed by atoms with Crippen molar-refractivity contribution < 1.29 is 19.9 Å². The quantitative estimate of drug-likeness (QED) is 0.455. The number of nitrogens with zero attached hydrogens (tertiary/aromatic N) is 1. The molecule has 0 aromatic heterocycles. The first kappa shape index (κ1) is 11.8. The summed E-state index contributed by atoms with van der Waals surface area (Å²) in [6.45, 7) is 0.181. The maximum atomic E-state index is 10.4. The number of nitro benzene ring substituents is 1. The molecular weight excluding hydrogens is 214 g/mol. The number of aliphatic hydroxyl groups excluding tert-OH is 2. The van der Waals surface area contributed by atoms with E-state index in [9.17, 15) is 10.1 Å². The first-order valence-corrected chi connectivity index (χ1v) is 4.53. The van der Waals surface area contributed by atoms with Crippen molar-refractivity contribution in [2.24, 2.45) is 0 Å². The van der Waals surface area contributed by atoms with E-state index in [0.29, 0.717) is 12.0 Å². The third-order valence-corrected chi connectivity index (χ3v) is 1.82. The van der Waals surface area contributed by atoms with Crippen LogP contribution in [0.3, 0.4) is 0 Å². The molecule has 16 heavy (non-hydrogen) atoms. The van der Waals surface area contributed by atoms with Gasteiger partial charge in [0.2, 0.25) is 0 Å². The molecule has 0 saturated carbocycles. The van der Waals surface area contributed by atoms with Gasteiger partial charge >= 0.3 is 0 Å². The average Bonchev–Trinajstić information content (AvgIpc) is 2.29. The predicted octanol–water partition coefficient (Wildman–Crippen LogP) is 2.32. The van der Waals surface area contributed by atoms with Gasteiger partial charge in [0, 0.05) is 18.6 Å². The van der Waals surface area contributed by atoms with E-state index in [2.05, 4.69) is 0 Å². The summed E-state index contributed by atoms with van der Waals surface area (Å²) in [5.74, 6) is 0.290. The minimum Gasteiger partial charge on any atom is -0.512 e. The number of nitro groups is 1. The van der Waals surface area contributed by atoms with Crippen molar-refractivity contribution in [3.8, 4) is 5.75 Å². The van der Waals surface area contributed by atoms with E-state index in [1.54, 1.807) is 0 Å². The van der Waals surface area contributed by atoms with Crippen LogP contribution in [0.2, 0.25) is 0 Å². The second kappa shape index (κ2) is 5.59. The minimum absolute atomic E-state index is 0.00884. The van der Waals surface area contributed by atoms with Crippen molar-refractivity contribution in [2.45, 2.75) is 6.42 Å². The molecule has 0 aliphatic carbocycles. The second-order valence-corrected chi connectivity index (χ2v) is 2.97. The predicted molar refractivity (Wildman–Crippen MR) is 56.5 cm³/mol. The van der Waals surface area contributed by atoms with E-state index in [0.717, 1.165) is 0 Å². The number of aliphatic hydroxyl groups is 2. The Kier molecular flexibility index (Phi) is 4.14. The lowest BCUT2D eigenvalue weighted by atomic mass is 10.3. The summed E-state index contributed by atoms with van der Waals surface area (Å²) in [5, 5.41) is 27.6. The summed E-state index contributed by atoms with van der Waals surface area (Å²) in [7, 11) is 0. The molecule has 0 aliphatic rings. The fourth-order valence-corrected chi connectivity index (χ4v) is 1.00. The Morgan fingerprint density at radius 3 is 2.56 bits per heavy atom. The van der Waals surface area contributed by atoms with Gasteiger partial charge in [0.15, 0.2) is 0 Å². The Bertz CT molecular complexity index is 385.